The SMILES string of the molecule is CCCCCCCCCCCCCCCCCCCCCCCCCCCCCC(=O)OC(CO)COC(=O)CCCCCCCCCCCCCCC. The second-order valence-corrected chi connectivity index (χ2v) is 16.9. The molecule has 0 heterocycles. The molecule has 0 radical (unpaired) electrons. The van der Waals surface area contributed by atoms with E-state index in [1.807, 2.05) is 0 Å². The molecule has 5 heteroatoms. The molecule has 0 aromatic carbocycles. The lowest BCUT2D eigenvalue weighted by molar-refractivity contribution is -0.161. The van der Waals surface area contributed by atoms with Crippen molar-refractivity contribution in [3.8, 4) is 0 Å². The van der Waals surface area contributed by atoms with Gasteiger partial charge in [0.2, 0.25) is 0 Å². The van der Waals surface area contributed by atoms with Gasteiger partial charge >= 0.3 is 11.9 Å². The van der Waals surface area contributed by atoms with Crippen molar-refractivity contribution in [1.82, 2.24) is 0 Å². The number of aliphatic hydroxyl groups excluding tert-OH is 1. The Hall–Kier alpha value is -1.10. The maximum absolute atomic E-state index is 12.2. The van der Waals surface area contributed by atoms with E-state index in [0.29, 0.717) is 12.8 Å². The van der Waals surface area contributed by atoms with Crippen molar-refractivity contribution >= 4 is 11.9 Å². The number of hydrogen-bond acceptors (Lipinski definition) is 5. The van der Waals surface area contributed by atoms with Gasteiger partial charge in [-0.3, -0.25) is 9.59 Å². The standard InChI is InChI=1S/C49H96O5/c1-3-5-7-9-11-13-15-17-18-19-20-21-22-23-24-25-26-27-28-29-30-32-34-36-38-40-42-44-49(52)54-47(45-50)46-53-48(51)43-41-39-37-35-33-31-16-14-12-10-8-6-4-2/h47,50H,3-46H2,1-2H3. The number of ether oxygens (including phenoxy) is 2. The highest BCUT2D eigenvalue weighted by Crippen LogP contribution is 2.17. The molecule has 54 heavy (non-hydrogen) atoms. The maximum atomic E-state index is 12.2. The summed E-state index contributed by atoms with van der Waals surface area (Å²) in [6, 6.07) is 0. The highest BCUT2D eigenvalue weighted by Gasteiger charge is 2.16. The molecule has 0 fully saturated rings. The molecule has 0 bridgehead atoms. The molecule has 0 aliphatic heterocycles. The third-order valence-electron chi connectivity index (χ3n) is 11.4. The second kappa shape index (κ2) is 46.3. The molecule has 1 atom stereocenters. The monoisotopic (exact) mass is 765 g/mol. The molecule has 0 aromatic heterocycles. The lowest BCUT2D eigenvalue weighted by Crippen LogP contribution is -2.28. The van der Waals surface area contributed by atoms with E-state index in [1.165, 1.54) is 225 Å². The van der Waals surface area contributed by atoms with Crippen molar-refractivity contribution in [2.75, 3.05) is 13.2 Å². The van der Waals surface area contributed by atoms with Crippen LogP contribution in [0, 0.1) is 0 Å². The van der Waals surface area contributed by atoms with Gasteiger partial charge in [-0.25, -0.2) is 0 Å². The summed E-state index contributed by atoms with van der Waals surface area (Å²) >= 11 is 0. The molecule has 0 saturated carbocycles. The van der Waals surface area contributed by atoms with Gasteiger partial charge in [0.25, 0.3) is 0 Å². The van der Waals surface area contributed by atoms with Crippen LogP contribution in [0.4, 0.5) is 0 Å². The molecule has 0 saturated heterocycles. The van der Waals surface area contributed by atoms with E-state index < -0.39 is 6.10 Å². The van der Waals surface area contributed by atoms with Crippen LogP contribution in [0.15, 0.2) is 0 Å². The van der Waals surface area contributed by atoms with E-state index in [1.54, 1.807) is 0 Å². The van der Waals surface area contributed by atoms with Crippen LogP contribution in [0.25, 0.3) is 0 Å². The quantitative estimate of drug-likeness (QED) is 0.0494. The maximum Gasteiger partial charge on any atom is 0.306 e. The topological polar surface area (TPSA) is 72.8 Å². The summed E-state index contributed by atoms with van der Waals surface area (Å²) in [5, 5.41) is 9.59. The van der Waals surface area contributed by atoms with Crippen LogP contribution in [0.2, 0.25) is 0 Å². The number of carbonyl (C=O) groups is 2. The lowest BCUT2D eigenvalue weighted by atomic mass is 10.0. The highest BCUT2D eigenvalue weighted by molar-refractivity contribution is 5.70. The van der Waals surface area contributed by atoms with E-state index in [-0.39, 0.29) is 25.2 Å². The molecule has 1 N–H and O–H groups in total. The van der Waals surface area contributed by atoms with Gasteiger partial charge in [0.05, 0.1) is 6.61 Å². The Kier molecular flexibility index (Phi) is 45.3. The number of aliphatic hydroxyl groups is 1. The smallest absolute Gasteiger partial charge is 0.306 e. The molecule has 0 spiro atoms. The zero-order valence-corrected chi connectivity index (χ0v) is 36.8. The summed E-state index contributed by atoms with van der Waals surface area (Å²) in [5.74, 6) is -0.570. The highest BCUT2D eigenvalue weighted by atomic mass is 16.6. The third kappa shape index (κ3) is 43.6. The third-order valence-corrected chi connectivity index (χ3v) is 11.4. The van der Waals surface area contributed by atoms with Gasteiger partial charge in [-0.15, -0.1) is 0 Å². The first-order valence-electron chi connectivity index (χ1n) is 24.6. The fraction of sp³-hybridized carbons (Fsp3) is 0.959. The molecule has 0 amide bonds. The van der Waals surface area contributed by atoms with E-state index in [0.717, 1.165) is 32.1 Å². The van der Waals surface area contributed by atoms with Crippen molar-refractivity contribution in [1.29, 1.82) is 0 Å². The summed E-state index contributed by atoms with van der Waals surface area (Å²) in [5.41, 5.74) is 0. The van der Waals surface area contributed by atoms with Crippen LogP contribution in [-0.2, 0) is 19.1 Å². The fourth-order valence-corrected chi connectivity index (χ4v) is 7.68. The molecule has 5 nitrogen and oxygen atoms in total. The number of hydrogen-bond donors (Lipinski definition) is 1. The Balaban J connectivity index is 3.39. The second-order valence-electron chi connectivity index (χ2n) is 16.9. The normalized spacial score (nSPS) is 12.0. The Bertz CT molecular complexity index is 740. The van der Waals surface area contributed by atoms with Gasteiger partial charge in [-0.05, 0) is 12.8 Å². The van der Waals surface area contributed by atoms with Crippen LogP contribution < -0.4 is 0 Å². The van der Waals surface area contributed by atoms with E-state index in [4.69, 9.17) is 9.47 Å². The molecule has 0 rings (SSSR count). The van der Waals surface area contributed by atoms with Gasteiger partial charge in [0, 0.05) is 12.8 Å². The van der Waals surface area contributed by atoms with Crippen LogP contribution in [0.1, 0.15) is 284 Å². The average Bonchev–Trinajstić information content (AvgIpc) is 3.17. The first kappa shape index (κ1) is 52.9. The van der Waals surface area contributed by atoms with Crippen molar-refractivity contribution in [3.63, 3.8) is 0 Å². The minimum atomic E-state index is -0.762. The Morgan fingerprint density at radius 3 is 0.815 bits per heavy atom. The van der Waals surface area contributed by atoms with Crippen LogP contribution >= 0.6 is 0 Å². The molecule has 1 unspecified atom stereocenters. The zero-order chi connectivity index (χ0) is 39.3. The first-order chi connectivity index (χ1) is 26.6. The largest absolute Gasteiger partial charge is 0.462 e. The minimum absolute atomic E-state index is 0.0565. The van der Waals surface area contributed by atoms with Gasteiger partial charge in [-0.1, -0.05) is 258 Å². The van der Waals surface area contributed by atoms with Crippen molar-refractivity contribution in [2.24, 2.45) is 0 Å². The fourth-order valence-electron chi connectivity index (χ4n) is 7.68. The van der Waals surface area contributed by atoms with Crippen molar-refractivity contribution in [2.45, 2.75) is 290 Å². The van der Waals surface area contributed by atoms with E-state index in [9.17, 15) is 14.7 Å². The summed E-state index contributed by atoms with van der Waals surface area (Å²) in [7, 11) is 0. The molecular formula is C49H96O5. The predicted octanol–water partition coefficient (Wildman–Crippen LogP) is 15.9. The summed E-state index contributed by atoms with van der Waals surface area (Å²) in [6.45, 7) is 4.18. The Morgan fingerprint density at radius 2 is 0.574 bits per heavy atom. The van der Waals surface area contributed by atoms with Gasteiger partial charge < -0.3 is 14.6 Å². The van der Waals surface area contributed by atoms with Crippen LogP contribution in [0.5, 0.6) is 0 Å². The molecule has 0 aromatic rings. The molecule has 0 aliphatic carbocycles. The van der Waals surface area contributed by atoms with Gasteiger partial charge in [0.15, 0.2) is 6.10 Å². The Morgan fingerprint density at radius 1 is 0.352 bits per heavy atom. The van der Waals surface area contributed by atoms with Crippen LogP contribution in [0.3, 0.4) is 0 Å². The minimum Gasteiger partial charge on any atom is -0.462 e. The summed E-state index contributed by atoms with van der Waals surface area (Å²) < 4.78 is 10.7. The van der Waals surface area contributed by atoms with Crippen molar-refractivity contribution in [3.05, 3.63) is 0 Å². The molecule has 0 aliphatic rings. The van der Waals surface area contributed by atoms with Crippen LogP contribution in [-0.4, -0.2) is 36.4 Å². The average molecular weight is 765 g/mol. The molecular weight excluding hydrogens is 669 g/mol. The summed E-state index contributed by atoms with van der Waals surface area (Å²) in [4.78, 5) is 24.3. The van der Waals surface area contributed by atoms with E-state index >= 15 is 0 Å². The van der Waals surface area contributed by atoms with Crippen molar-refractivity contribution < 1.29 is 24.2 Å². The molecule has 322 valence electrons. The number of esters is 2. The van der Waals surface area contributed by atoms with Gasteiger partial charge in [0.1, 0.15) is 6.61 Å². The first-order valence-corrected chi connectivity index (χ1v) is 24.6. The lowest BCUT2D eigenvalue weighted by Gasteiger charge is -2.15. The Labute approximate surface area is 338 Å². The predicted molar refractivity (Wildman–Crippen MR) is 233 cm³/mol. The number of carbonyl (C=O) groups excluding carboxylic acids is 2. The number of unbranched alkanes of at least 4 members (excludes halogenated alkanes) is 38. The van der Waals surface area contributed by atoms with E-state index in [2.05, 4.69) is 13.8 Å². The zero-order valence-electron chi connectivity index (χ0n) is 36.8. The van der Waals surface area contributed by atoms with Gasteiger partial charge in [-0.2, -0.15) is 0 Å². The summed E-state index contributed by atoms with van der Waals surface area (Å²) in [6.07, 6.45) is 53.5. The number of rotatable bonds is 46.